The fourth-order valence-electron chi connectivity index (χ4n) is 1.47. The topological polar surface area (TPSA) is 77.7 Å². The van der Waals surface area contributed by atoms with Gasteiger partial charge in [0.1, 0.15) is 0 Å². The Kier molecular flexibility index (Phi) is 3.12. The van der Waals surface area contributed by atoms with E-state index in [9.17, 15) is 8.42 Å². The lowest BCUT2D eigenvalue weighted by atomic mass is 10.2. The first-order valence-electron chi connectivity index (χ1n) is 4.82. The van der Waals surface area contributed by atoms with Crippen LogP contribution in [0.15, 0.2) is 29.7 Å². The number of aromatic nitrogens is 4. The van der Waals surface area contributed by atoms with Crippen LogP contribution in [0, 0.1) is 0 Å². The fraction of sp³-hybridized carbons (Fsp3) is 0.222. The van der Waals surface area contributed by atoms with Gasteiger partial charge < -0.3 is 0 Å². The van der Waals surface area contributed by atoms with Gasteiger partial charge >= 0.3 is 0 Å². The van der Waals surface area contributed by atoms with Gasteiger partial charge in [0, 0.05) is 35.2 Å². The molecule has 0 saturated heterocycles. The van der Waals surface area contributed by atoms with E-state index in [0.717, 1.165) is 5.56 Å². The van der Waals surface area contributed by atoms with Gasteiger partial charge in [0.15, 0.2) is 5.82 Å². The second-order valence-electron chi connectivity index (χ2n) is 3.22. The normalized spacial score (nSPS) is 11.6. The third-order valence-electron chi connectivity index (χ3n) is 2.19. The van der Waals surface area contributed by atoms with Gasteiger partial charge in [-0.1, -0.05) is 0 Å². The zero-order valence-corrected chi connectivity index (χ0v) is 10.5. The summed E-state index contributed by atoms with van der Waals surface area (Å²) in [5.74, 6) is 0.453. The standard InChI is InChI=1S/C9H9ClN4O2S/c1-2-14-8(7-3-5-11-6-4-7)12-13-9(14)17(10,15)16/h3-6H,2H2,1H3. The molecule has 0 fully saturated rings. The molecule has 0 unspecified atom stereocenters. The van der Waals surface area contributed by atoms with Crippen molar-refractivity contribution in [2.45, 2.75) is 18.6 Å². The van der Waals surface area contributed by atoms with Crippen molar-refractivity contribution in [3.8, 4) is 11.4 Å². The Bertz CT molecular complexity index is 624. The average Bonchev–Trinajstić information content (AvgIpc) is 2.73. The molecule has 17 heavy (non-hydrogen) atoms. The van der Waals surface area contributed by atoms with Gasteiger partial charge in [-0.05, 0) is 19.1 Å². The second-order valence-corrected chi connectivity index (χ2v) is 5.68. The predicted octanol–water partition coefficient (Wildman–Crippen LogP) is 1.29. The minimum absolute atomic E-state index is 0.242. The van der Waals surface area contributed by atoms with Gasteiger partial charge in [0.05, 0.1) is 0 Å². The summed E-state index contributed by atoms with van der Waals surface area (Å²) < 4.78 is 24.0. The largest absolute Gasteiger partial charge is 0.297 e. The Morgan fingerprint density at radius 1 is 1.29 bits per heavy atom. The van der Waals surface area contributed by atoms with E-state index in [0.29, 0.717) is 12.4 Å². The van der Waals surface area contributed by atoms with E-state index in [-0.39, 0.29) is 5.16 Å². The second kappa shape index (κ2) is 4.42. The van der Waals surface area contributed by atoms with E-state index in [1.54, 1.807) is 31.5 Å². The van der Waals surface area contributed by atoms with E-state index in [1.165, 1.54) is 4.57 Å². The molecule has 0 aliphatic heterocycles. The van der Waals surface area contributed by atoms with Crippen molar-refractivity contribution in [3.05, 3.63) is 24.5 Å². The first-order chi connectivity index (χ1) is 8.04. The molecule has 90 valence electrons. The number of hydrogen-bond acceptors (Lipinski definition) is 5. The number of nitrogens with zero attached hydrogens (tertiary/aromatic N) is 4. The van der Waals surface area contributed by atoms with Crippen LogP contribution in [0.2, 0.25) is 0 Å². The lowest BCUT2D eigenvalue weighted by Gasteiger charge is -2.04. The van der Waals surface area contributed by atoms with Crippen molar-refractivity contribution in [2.24, 2.45) is 0 Å². The Balaban J connectivity index is 2.62. The van der Waals surface area contributed by atoms with Crippen LogP contribution in [0.3, 0.4) is 0 Å². The molecule has 0 aromatic carbocycles. The highest BCUT2D eigenvalue weighted by molar-refractivity contribution is 8.13. The lowest BCUT2D eigenvalue weighted by molar-refractivity contribution is 0.583. The molecule has 0 spiro atoms. The van der Waals surface area contributed by atoms with Crippen LogP contribution in [0.5, 0.6) is 0 Å². The molecule has 0 aliphatic carbocycles. The van der Waals surface area contributed by atoms with Crippen molar-refractivity contribution in [2.75, 3.05) is 0 Å². The quantitative estimate of drug-likeness (QED) is 0.787. The molecular formula is C9H9ClN4O2S. The third-order valence-corrected chi connectivity index (χ3v) is 3.34. The molecule has 0 radical (unpaired) electrons. The van der Waals surface area contributed by atoms with Gasteiger partial charge in [-0.25, -0.2) is 8.42 Å². The highest BCUT2D eigenvalue weighted by Gasteiger charge is 2.22. The van der Waals surface area contributed by atoms with E-state index in [1.807, 2.05) is 0 Å². The van der Waals surface area contributed by atoms with E-state index in [4.69, 9.17) is 10.7 Å². The van der Waals surface area contributed by atoms with Crippen LogP contribution in [-0.2, 0) is 15.6 Å². The van der Waals surface area contributed by atoms with Gasteiger partial charge in [0.2, 0.25) is 0 Å². The molecule has 0 atom stereocenters. The molecule has 0 amide bonds. The minimum Gasteiger partial charge on any atom is -0.297 e. The maximum Gasteiger partial charge on any atom is 0.296 e. The summed E-state index contributed by atoms with van der Waals surface area (Å²) in [5, 5.41) is 7.21. The summed E-state index contributed by atoms with van der Waals surface area (Å²) in [6.07, 6.45) is 3.19. The Labute approximate surface area is 103 Å². The van der Waals surface area contributed by atoms with Crippen LogP contribution in [0.4, 0.5) is 0 Å². The molecule has 0 saturated carbocycles. The summed E-state index contributed by atoms with van der Waals surface area (Å²) in [7, 11) is 1.39. The van der Waals surface area contributed by atoms with E-state index in [2.05, 4.69) is 15.2 Å². The van der Waals surface area contributed by atoms with Crippen LogP contribution >= 0.6 is 10.7 Å². The van der Waals surface area contributed by atoms with Crippen molar-refractivity contribution >= 4 is 19.7 Å². The highest BCUT2D eigenvalue weighted by Crippen LogP contribution is 2.21. The summed E-state index contributed by atoms with van der Waals surface area (Å²) in [6.45, 7) is 2.20. The first-order valence-corrected chi connectivity index (χ1v) is 7.13. The molecular weight excluding hydrogens is 264 g/mol. The van der Waals surface area contributed by atoms with Crippen molar-refractivity contribution in [3.63, 3.8) is 0 Å². The van der Waals surface area contributed by atoms with Crippen molar-refractivity contribution in [1.82, 2.24) is 19.7 Å². The minimum atomic E-state index is -3.89. The lowest BCUT2D eigenvalue weighted by Crippen LogP contribution is -2.06. The molecule has 2 rings (SSSR count). The third kappa shape index (κ3) is 2.29. The predicted molar refractivity (Wildman–Crippen MR) is 62.0 cm³/mol. The van der Waals surface area contributed by atoms with Crippen LogP contribution in [-0.4, -0.2) is 28.2 Å². The number of halogens is 1. The van der Waals surface area contributed by atoms with Gasteiger partial charge in [-0.15, -0.1) is 10.2 Å². The number of pyridine rings is 1. The maximum atomic E-state index is 11.3. The zero-order valence-electron chi connectivity index (χ0n) is 8.91. The highest BCUT2D eigenvalue weighted by atomic mass is 35.7. The van der Waals surface area contributed by atoms with E-state index < -0.39 is 9.05 Å². The van der Waals surface area contributed by atoms with Crippen molar-refractivity contribution < 1.29 is 8.42 Å². The number of rotatable bonds is 3. The van der Waals surface area contributed by atoms with Gasteiger partial charge in [-0.2, -0.15) is 0 Å². The Hall–Kier alpha value is -1.47. The summed E-state index contributed by atoms with van der Waals surface area (Å²) in [5.41, 5.74) is 0.737. The average molecular weight is 273 g/mol. The van der Waals surface area contributed by atoms with Crippen molar-refractivity contribution in [1.29, 1.82) is 0 Å². The molecule has 0 N–H and O–H groups in total. The first kappa shape index (κ1) is 12.0. The SMILES string of the molecule is CCn1c(-c2ccncc2)nnc1S(=O)(=O)Cl. The molecule has 6 nitrogen and oxygen atoms in total. The fourth-order valence-corrected chi connectivity index (χ4v) is 2.43. The molecule has 2 heterocycles. The van der Waals surface area contributed by atoms with Crippen LogP contribution in [0.1, 0.15) is 6.92 Å². The summed E-state index contributed by atoms with van der Waals surface area (Å²) in [6, 6.07) is 3.45. The summed E-state index contributed by atoms with van der Waals surface area (Å²) >= 11 is 0. The molecule has 8 heteroatoms. The van der Waals surface area contributed by atoms with Crippen LogP contribution in [0.25, 0.3) is 11.4 Å². The molecule has 0 bridgehead atoms. The zero-order chi connectivity index (χ0) is 12.5. The summed E-state index contributed by atoms with van der Waals surface area (Å²) in [4.78, 5) is 3.88. The number of hydrogen-bond donors (Lipinski definition) is 0. The molecule has 2 aromatic rings. The van der Waals surface area contributed by atoms with Gasteiger partial charge in [0.25, 0.3) is 14.2 Å². The Morgan fingerprint density at radius 2 is 1.94 bits per heavy atom. The van der Waals surface area contributed by atoms with E-state index >= 15 is 0 Å². The molecule has 2 aromatic heterocycles. The smallest absolute Gasteiger partial charge is 0.296 e. The Morgan fingerprint density at radius 3 is 2.47 bits per heavy atom. The molecule has 0 aliphatic rings. The van der Waals surface area contributed by atoms with Gasteiger partial charge in [-0.3, -0.25) is 9.55 Å². The van der Waals surface area contributed by atoms with Crippen LogP contribution < -0.4 is 0 Å². The maximum absolute atomic E-state index is 11.3. The monoisotopic (exact) mass is 272 g/mol.